The average Bonchev–Trinajstić information content (AvgIpc) is 3.27. The zero-order valence-corrected chi connectivity index (χ0v) is 17.8. The van der Waals surface area contributed by atoms with E-state index in [0.717, 1.165) is 28.4 Å². The van der Waals surface area contributed by atoms with Crippen molar-refractivity contribution in [2.75, 3.05) is 26.6 Å². The number of rotatable bonds is 11. The molecule has 0 bridgehead atoms. The van der Waals surface area contributed by atoms with Crippen molar-refractivity contribution in [2.24, 2.45) is 20.4 Å². The van der Waals surface area contributed by atoms with E-state index in [1.54, 1.807) is 26.0 Å². The molecule has 1 heterocycles. The van der Waals surface area contributed by atoms with E-state index in [2.05, 4.69) is 27.0 Å². The Morgan fingerprint density at radius 1 is 1.03 bits per heavy atom. The van der Waals surface area contributed by atoms with Crippen LogP contribution >= 0.6 is 11.8 Å². The maximum absolute atomic E-state index is 5.70. The zero-order valence-electron chi connectivity index (χ0n) is 17.0. The predicted molar refractivity (Wildman–Crippen MR) is 121 cm³/mol. The lowest BCUT2D eigenvalue weighted by Gasteiger charge is -2.19. The third-order valence-corrected chi connectivity index (χ3v) is 5.62. The van der Waals surface area contributed by atoms with Crippen LogP contribution in [0.3, 0.4) is 0 Å². The molecule has 1 aliphatic heterocycles. The number of hydrogen-bond donors (Lipinski definition) is 0. The average molecular weight is 425 g/mol. The van der Waals surface area contributed by atoms with Crippen LogP contribution in [0.4, 0.5) is 0 Å². The molecule has 0 N–H and O–H groups in total. The number of hydrogen-bond acceptors (Lipinski definition) is 8. The zero-order chi connectivity index (χ0) is 21.2. The molecule has 1 aliphatic rings. The molecule has 2 aromatic carbocycles. The minimum atomic E-state index is -0.663. The summed E-state index contributed by atoms with van der Waals surface area (Å²) in [6.07, 6.45) is 3.84. The number of ether oxygens (including phenoxy) is 2. The van der Waals surface area contributed by atoms with Crippen molar-refractivity contribution in [1.82, 2.24) is 0 Å². The minimum absolute atomic E-state index is 0.344. The summed E-state index contributed by atoms with van der Waals surface area (Å²) in [5.74, 6) is 2.28. The van der Waals surface area contributed by atoms with Crippen LogP contribution in [0.5, 0.6) is 11.5 Å². The first-order valence-corrected chi connectivity index (χ1v) is 10.4. The lowest BCUT2D eigenvalue weighted by molar-refractivity contribution is 0.135. The largest absolute Gasteiger partial charge is 0.497 e. The highest BCUT2D eigenvalue weighted by atomic mass is 32.2. The molecule has 2 aromatic rings. The van der Waals surface area contributed by atoms with Crippen LogP contribution in [0.2, 0.25) is 0 Å². The van der Waals surface area contributed by atoms with Gasteiger partial charge < -0.3 is 14.3 Å². The Bertz CT molecular complexity index is 863. The van der Waals surface area contributed by atoms with E-state index in [9.17, 15) is 0 Å². The molecule has 0 spiro atoms. The van der Waals surface area contributed by atoms with Crippen LogP contribution in [0, 0.1) is 0 Å². The summed E-state index contributed by atoms with van der Waals surface area (Å²) in [6.45, 7) is 4.09. The molecule has 0 radical (unpaired) electrons. The molecule has 0 fully saturated rings. The minimum Gasteiger partial charge on any atom is -0.497 e. The topological polar surface area (TPSA) is 77.1 Å². The van der Waals surface area contributed by atoms with Gasteiger partial charge in [-0.2, -0.15) is 0 Å². The van der Waals surface area contributed by atoms with Gasteiger partial charge in [-0.05, 0) is 48.5 Å². The van der Waals surface area contributed by atoms with Gasteiger partial charge in [-0.3, -0.25) is 0 Å². The van der Waals surface area contributed by atoms with Gasteiger partial charge >= 0.3 is 0 Å². The van der Waals surface area contributed by atoms with Crippen molar-refractivity contribution in [3.05, 3.63) is 72.3 Å². The monoisotopic (exact) mass is 424 g/mol. The highest BCUT2D eigenvalue weighted by Crippen LogP contribution is 2.35. The molecular weight excluding hydrogens is 400 g/mol. The predicted octanol–water partition coefficient (Wildman–Crippen LogP) is 4.93. The number of nitrogens with zero attached hydrogens (tertiary/aromatic N) is 4. The van der Waals surface area contributed by atoms with E-state index in [1.165, 1.54) is 6.34 Å². The molecule has 0 saturated carbocycles. The van der Waals surface area contributed by atoms with Crippen molar-refractivity contribution in [3.8, 4) is 11.5 Å². The smallest absolute Gasteiger partial charge is 0.222 e. The summed E-state index contributed by atoms with van der Waals surface area (Å²) in [5, 5.41) is 12.6. The molecule has 8 heteroatoms. The van der Waals surface area contributed by atoms with Gasteiger partial charge in [-0.1, -0.05) is 11.2 Å². The number of benzene rings is 2. The Labute approximate surface area is 180 Å². The highest BCUT2D eigenvalue weighted by molar-refractivity contribution is 8.00. The van der Waals surface area contributed by atoms with Crippen molar-refractivity contribution in [1.29, 1.82) is 0 Å². The number of azo groups is 1. The molecule has 1 unspecified atom stereocenters. The maximum atomic E-state index is 5.70. The number of methoxy groups -OCH3 is 2. The Morgan fingerprint density at radius 2 is 1.63 bits per heavy atom. The van der Waals surface area contributed by atoms with E-state index in [4.69, 9.17) is 14.3 Å². The Hall–Kier alpha value is -3.13. The van der Waals surface area contributed by atoms with Gasteiger partial charge in [-0.15, -0.1) is 28.6 Å². The summed E-state index contributed by atoms with van der Waals surface area (Å²) in [7, 11) is 3.28. The van der Waals surface area contributed by atoms with Crippen molar-refractivity contribution >= 4 is 23.8 Å². The molecule has 7 nitrogen and oxygen atoms in total. The van der Waals surface area contributed by atoms with E-state index >= 15 is 0 Å². The molecule has 0 aromatic heterocycles. The molecule has 156 valence electrons. The van der Waals surface area contributed by atoms with Crippen molar-refractivity contribution < 1.29 is 14.3 Å². The second-order valence-corrected chi connectivity index (χ2v) is 7.56. The first-order valence-electron chi connectivity index (χ1n) is 9.39. The van der Waals surface area contributed by atoms with Crippen LogP contribution in [0.15, 0.2) is 81.6 Å². The second kappa shape index (κ2) is 10.6. The van der Waals surface area contributed by atoms with Gasteiger partial charge in [0.05, 0.1) is 14.2 Å². The fourth-order valence-electron chi connectivity index (χ4n) is 2.76. The second-order valence-electron chi connectivity index (χ2n) is 6.28. The standard InChI is InChI=1S/C22H24N4O3S/c1-4-15-30-22(23-16-24-26-22)13-14-29-25-21(17-5-9-19(27-2)10-6-17)18-7-11-20(28-3)12-8-18/h4-12,16H,1,13-15H2,2-3H3. The highest BCUT2D eigenvalue weighted by Gasteiger charge is 2.31. The van der Waals surface area contributed by atoms with Gasteiger partial charge in [0.25, 0.3) is 0 Å². The maximum Gasteiger partial charge on any atom is 0.222 e. The molecule has 0 amide bonds. The van der Waals surface area contributed by atoms with E-state index in [-0.39, 0.29) is 0 Å². The van der Waals surface area contributed by atoms with E-state index in [0.29, 0.717) is 18.7 Å². The van der Waals surface area contributed by atoms with Gasteiger partial charge in [0.2, 0.25) is 4.99 Å². The van der Waals surface area contributed by atoms with Gasteiger partial charge in [0.15, 0.2) is 0 Å². The number of oxime groups is 1. The number of thioether (sulfide) groups is 1. The summed E-state index contributed by atoms with van der Waals surface area (Å²) in [5.41, 5.74) is 2.54. The molecule has 30 heavy (non-hydrogen) atoms. The first kappa shape index (κ1) is 21.6. The fraction of sp³-hybridized carbons (Fsp3) is 0.273. The molecule has 0 aliphatic carbocycles. The lowest BCUT2D eigenvalue weighted by atomic mass is 10.0. The Kier molecular flexibility index (Phi) is 7.62. The summed E-state index contributed by atoms with van der Waals surface area (Å²) in [4.78, 5) is 9.41. The SMILES string of the molecule is C=CCSC1(CCON=C(c2ccc(OC)cc2)c2ccc(OC)cc2)N=CN=N1. The van der Waals surface area contributed by atoms with Gasteiger partial charge in [-0.25, -0.2) is 4.99 Å². The molecule has 1 atom stereocenters. The lowest BCUT2D eigenvalue weighted by Crippen LogP contribution is -2.19. The molecule has 0 saturated heterocycles. The van der Waals surface area contributed by atoms with E-state index < -0.39 is 4.99 Å². The Balaban J connectivity index is 1.76. The summed E-state index contributed by atoms with van der Waals surface area (Å²) >= 11 is 1.56. The summed E-state index contributed by atoms with van der Waals surface area (Å²) < 4.78 is 10.5. The third kappa shape index (κ3) is 5.48. The normalized spacial score (nSPS) is 16.9. The molecular formula is C22H24N4O3S. The Morgan fingerprint density at radius 3 is 2.10 bits per heavy atom. The first-order chi connectivity index (χ1) is 14.7. The number of aliphatic imine (C=N–C) groups is 1. The van der Waals surface area contributed by atoms with Crippen LogP contribution in [-0.2, 0) is 4.84 Å². The van der Waals surface area contributed by atoms with Crippen molar-refractivity contribution in [2.45, 2.75) is 11.4 Å². The van der Waals surface area contributed by atoms with Crippen LogP contribution < -0.4 is 9.47 Å². The summed E-state index contributed by atoms with van der Waals surface area (Å²) in [6, 6.07) is 15.4. The van der Waals surface area contributed by atoms with Gasteiger partial charge in [0, 0.05) is 23.3 Å². The fourth-order valence-corrected chi connectivity index (χ4v) is 3.60. The van der Waals surface area contributed by atoms with Crippen LogP contribution in [0.25, 0.3) is 0 Å². The van der Waals surface area contributed by atoms with Crippen molar-refractivity contribution in [3.63, 3.8) is 0 Å². The van der Waals surface area contributed by atoms with E-state index in [1.807, 2.05) is 54.6 Å². The quantitative estimate of drug-likeness (QED) is 0.222. The van der Waals surface area contributed by atoms with Gasteiger partial charge in [0.1, 0.15) is 30.2 Å². The van der Waals surface area contributed by atoms with Crippen LogP contribution in [-0.4, -0.2) is 43.6 Å². The molecule has 3 rings (SSSR count). The third-order valence-electron chi connectivity index (χ3n) is 4.36. The van der Waals surface area contributed by atoms with Crippen LogP contribution in [0.1, 0.15) is 17.5 Å².